The molecule has 0 bridgehead atoms. The van der Waals surface area contributed by atoms with Crippen molar-refractivity contribution in [2.75, 3.05) is 5.32 Å². The molecule has 0 aliphatic heterocycles. The highest BCUT2D eigenvalue weighted by Gasteiger charge is 2.12. The summed E-state index contributed by atoms with van der Waals surface area (Å²) in [5, 5.41) is 14.1. The largest absolute Gasteiger partial charge is 0.377 e. The van der Waals surface area contributed by atoms with Crippen molar-refractivity contribution >= 4 is 40.5 Å². The van der Waals surface area contributed by atoms with Crippen LogP contribution in [0.1, 0.15) is 24.1 Å². The molecule has 0 aliphatic carbocycles. The van der Waals surface area contributed by atoms with E-state index in [1.807, 2.05) is 6.92 Å². The van der Waals surface area contributed by atoms with E-state index in [0.29, 0.717) is 26.3 Å². The third kappa shape index (κ3) is 3.37. The molecule has 0 aromatic heterocycles. The van der Waals surface area contributed by atoms with Crippen molar-refractivity contribution < 1.29 is 0 Å². The van der Waals surface area contributed by atoms with Crippen LogP contribution in [0.15, 0.2) is 36.4 Å². The maximum atomic E-state index is 9.11. The van der Waals surface area contributed by atoms with Crippen LogP contribution in [-0.4, -0.2) is 0 Å². The molecule has 1 unspecified atom stereocenters. The SMILES string of the molecule is CC(Nc1cc(Cl)ccc1C#N)c1cc(Cl)ccc1Cl. The molecule has 2 aromatic rings. The number of halogens is 3. The highest BCUT2D eigenvalue weighted by atomic mass is 35.5. The Morgan fingerprint density at radius 1 is 1.05 bits per heavy atom. The Balaban J connectivity index is 2.32. The highest BCUT2D eigenvalue weighted by molar-refractivity contribution is 6.33. The first-order chi connectivity index (χ1) is 9.51. The van der Waals surface area contributed by atoms with Crippen LogP contribution in [0.25, 0.3) is 0 Å². The fraction of sp³-hybridized carbons (Fsp3) is 0.133. The Labute approximate surface area is 132 Å². The fourth-order valence-corrected chi connectivity index (χ4v) is 2.52. The summed E-state index contributed by atoms with van der Waals surface area (Å²) in [5.74, 6) is 0. The third-order valence-electron chi connectivity index (χ3n) is 2.90. The number of anilines is 1. The van der Waals surface area contributed by atoms with Crippen LogP contribution in [-0.2, 0) is 0 Å². The van der Waals surface area contributed by atoms with Crippen LogP contribution in [0.5, 0.6) is 0 Å². The van der Waals surface area contributed by atoms with E-state index >= 15 is 0 Å². The van der Waals surface area contributed by atoms with E-state index in [0.717, 1.165) is 5.56 Å². The molecule has 0 fully saturated rings. The van der Waals surface area contributed by atoms with Crippen LogP contribution < -0.4 is 5.32 Å². The lowest BCUT2D eigenvalue weighted by Crippen LogP contribution is -2.08. The van der Waals surface area contributed by atoms with Gasteiger partial charge in [0.05, 0.1) is 17.3 Å². The Kier molecular flexibility index (Phi) is 4.77. The Morgan fingerprint density at radius 2 is 1.70 bits per heavy atom. The molecule has 20 heavy (non-hydrogen) atoms. The van der Waals surface area contributed by atoms with Crippen LogP contribution in [0.2, 0.25) is 15.1 Å². The average Bonchev–Trinajstić information content (AvgIpc) is 2.41. The number of benzene rings is 2. The molecule has 0 spiro atoms. The number of rotatable bonds is 3. The summed E-state index contributed by atoms with van der Waals surface area (Å²) in [6.07, 6.45) is 0. The van der Waals surface area contributed by atoms with Gasteiger partial charge in [-0.15, -0.1) is 0 Å². The van der Waals surface area contributed by atoms with E-state index in [1.54, 1.807) is 36.4 Å². The monoisotopic (exact) mass is 324 g/mol. The molecule has 2 aromatic carbocycles. The Bertz CT molecular complexity index is 677. The number of hydrogen-bond acceptors (Lipinski definition) is 2. The molecule has 5 heteroatoms. The molecule has 2 nitrogen and oxygen atoms in total. The van der Waals surface area contributed by atoms with Crippen LogP contribution in [0.3, 0.4) is 0 Å². The van der Waals surface area contributed by atoms with Crippen molar-refractivity contribution in [3.8, 4) is 6.07 Å². The van der Waals surface area contributed by atoms with Gasteiger partial charge >= 0.3 is 0 Å². The summed E-state index contributed by atoms with van der Waals surface area (Å²) >= 11 is 18.1. The van der Waals surface area contributed by atoms with Crippen LogP contribution in [0, 0.1) is 11.3 Å². The number of hydrogen-bond donors (Lipinski definition) is 1. The molecule has 0 saturated heterocycles. The van der Waals surface area contributed by atoms with E-state index in [1.165, 1.54) is 0 Å². The summed E-state index contributed by atoms with van der Waals surface area (Å²) in [7, 11) is 0. The minimum absolute atomic E-state index is 0.105. The highest BCUT2D eigenvalue weighted by Crippen LogP contribution is 2.30. The Morgan fingerprint density at radius 3 is 2.40 bits per heavy atom. The van der Waals surface area contributed by atoms with Gasteiger partial charge in [-0.1, -0.05) is 34.8 Å². The van der Waals surface area contributed by atoms with Gasteiger partial charge in [-0.05, 0) is 48.9 Å². The maximum absolute atomic E-state index is 9.11. The van der Waals surface area contributed by atoms with Gasteiger partial charge in [-0.25, -0.2) is 0 Å². The molecular formula is C15H11Cl3N2. The first kappa shape index (κ1) is 15.0. The third-order valence-corrected chi connectivity index (χ3v) is 3.71. The summed E-state index contributed by atoms with van der Waals surface area (Å²) in [6, 6.07) is 12.4. The van der Waals surface area contributed by atoms with Gasteiger partial charge < -0.3 is 5.32 Å². The molecular weight excluding hydrogens is 315 g/mol. The van der Waals surface area contributed by atoms with Crippen molar-refractivity contribution in [1.82, 2.24) is 0 Å². The summed E-state index contributed by atoms with van der Waals surface area (Å²) in [6.45, 7) is 1.94. The van der Waals surface area contributed by atoms with E-state index in [-0.39, 0.29) is 6.04 Å². The molecule has 1 atom stereocenters. The zero-order valence-electron chi connectivity index (χ0n) is 10.6. The predicted molar refractivity (Wildman–Crippen MR) is 84.7 cm³/mol. The quantitative estimate of drug-likeness (QED) is 0.786. The standard InChI is InChI=1S/C15H11Cl3N2/c1-9(13-6-11(16)4-5-14(13)18)20-15-7-12(17)3-2-10(15)8-19/h2-7,9,20H,1H3. The van der Waals surface area contributed by atoms with Gasteiger partial charge in [0.2, 0.25) is 0 Å². The first-order valence-electron chi connectivity index (χ1n) is 5.92. The number of nitrogens with zero attached hydrogens (tertiary/aromatic N) is 1. The van der Waals surface area contributed by atoms with Crippen molar-refractivity contribution in [3.05, 3.63) is 62.6 Å². The van der Waals surface area contributed by atoms with Gasteiger partial charge in [0.25, 0.3) is 0 Å². The zero-order valence-corrected chi connectivity index (χ0v) is 12.9. The molecule has 0 aliphatic rings. The van der Waals surface area contributed by atoms with Crippen molar-refractivity contribution in [3.63, 3.8) is 0 Å². The maximum Gasteiger partial charge on any atom is 0.101 e. The molecule has 1 N–H and O–H groups in total. The van der Waals surface area contributed by atoms with Gasteiger partial charge in [-0.2, -0.15) is 5.26 Å². The van der Waals surface area contributed by atoms with E-state index < -0.39 is 0 Å². The summed E-state index contributed by atoms with van der Waals surface area (Å²) in [5.41, 5.74) is 2.06. The van der Waals surface area contributed by atoms with E-state index in [4.69, 9.17) is 40.1 Å². The predicted octanol–water partition coefficient (Wildman–Crippen LogP) is 5.69. The second kappa shape index (κ2) is 6.37. The van der Waals surface area contributed by atoms with Crippen molar-refractivity contribution in [2.24, 2.45) is 0 Å². The summed E-state index contributed by atoms with van der Waals surface area (Å²) < 4.78 is 0. The van der Waals surface area contributed by atoms with Gasteiger partial charge in [-0.3, -0.25) is 0 Å². The van der Waals surface area contributed by atoms with Gasteiger partial charge in [0, 0.05) is 15.1 Å². The minimum Gasteiger partial charge on any atom is -0.377 e. The second-order valence-electron chi connectivity index (χ2n) is 4.33. The van der Waals surface area contributed by atoms with Gasteiger partial charge in [0.15, 0.2) is 0 Å². The van der Waals surface area contributed by atoms with Crippen molar-refractivity contribution in [2.45, 2.75) is 13.0 Å². The topological polar surface area (TPSA) is 35.8 Å². The van der Waals surface area contributed by atoms with E-state index in [2.05, 4.69) is 11.4 Å². The minimum atomic E-state index is -0.105. The van der Waals surface area contributed by atoms with E-state index in [9.17, 15) is 0 Å². The van der Waals surface area contributed by atoms with Crippen LogP contribution >= 0.6 is 34.8 Å². The molecule has 0 heterocycles. The first-order valence-corrected chi connectivity index (χ1v) is 7.06. The van der Waals surface area contributed by atoms with Crippen LogP contribution in [0.4, 0.5) is 5.69 Å². The lowest BCUT2D eigenvalue weighted by atomic mass is 10.1. The lowest BCUT2D eigenvalue weighted by Gasteiger charge is -2.18. The number of nitriles is 1. The Hall–Kier alpha value is -1.40. The fourth-order valence-electron chi connectivity index (χ4n) is 1.89. The summed E-state index contributed by atoms with van der Waals surface area (Å²) in [4.78, 5) is 0. The molecule has 102 valence electrons. The zero-order chi connectivity index (χ0) is 14.7. The second-order valence-corrected chi connectivity index (χ2v) is 5.61. The average molecular weight is 326 g/mol. The molecule has 0 amide bonds. The molecule has 0 radical (unpaired) electrons. The van der Waals surface area contributed by atoms with Crippen molar-refractivity contribution in [1.29, 1.82) is 5.26 Å². The molecule has 0 saturated carbocycles. The van der Waals surface area contributed by atoms with Gasteiger partial charge in [0.1, 0.15) is 6.07 Å². The lowest BCUT2D eigenvalue weighted by molar-refractivity contribution is 0.884. The molecule has 2 rings (SSSR count). The smallest absolute Gasteiger partial charge is 0.101 e. The number of nitrogens with one attached hydrogen (secondary N) is 1. The normalized spacial score (nSPS) is 11.8.